The second kappa shape index (κ2) is 6.63. The summed E-state index contributed by atoms with van der Waals surface area (Å²) < 4.78 is 7.57. The number of hydrogen-bond acceptors (Lipinski definition) is 3. The Hall–Kier alpha value is -2.75. The molecule has 3 aromatic rings. The van der Waals surface area contributed by atoms with Gasteiger partial charge in [-0.3, -0.25) is 0 Å². The van der Waals surface area contributed by atoms with E-state index in [0.29, 0.717) is 0 Å². The number of fused-ring (bicyclic) bond motifs is 1. The molecule has 4 heteroatoms. The number of para-hydroxylation sites is 2. The lowest BCUT2D eigenvalue weighted by Crippen LogP contribution is -2.08. The van der Waals surface area contributed by atoms with Crippen LogP contribution in [0.4, 0.5) is 5.82 Å². The van der Waals surface area contributed by atoms with E-state index in [0.717, 1.165) is 35.9 Å². The summed E-state index contributed by atoms with van der Waals surface area (Å²) in [6, 6.07) is 16.7. The van der Waals surface area contributed by atoms with Crippen molar-refractivity contribution in [2.24, 2.45) is 0 Å². The van der Waals surface area contributed by atoms with E-state index in [1.165, 1.54) is 29.5 Å². The summed E-state index contributed by atoms with van der Waals surface area (Å²) in [5.41, 5.74) is 5.76. The maximum atomic E-state index is 5.56. The molecule has 1 N–H and O–H groups in total. The highest BCUT2D eigenvalue weighted by Crippen LogP contribution is 2.36. The number of aryl methyl sites for hydroxylation is 1. The van der Waals surface area contributed by atoms with Crippen molar-refractivity contribution in [3.8, 4) is 22.7 Å². The van der Waals surface area contributed by atoms with Crippen molar-refractivity contribution in [2.45, 2.75) is 26.2 Å². The zero-order valence-electron chi connectivity index (χ0n) is 14.7. The minimum Gasteiger partial charge on any atom is -0.494 e. The summed E-state index contributed by atoms with van der Waals surface area (Å²) in [5, 5.41) is 8.58. The van der Waals surface area contributed by atoms with Crippen LogP contribution in [0.5, 0.6) is 5.75 Å². The standard InChI is InChI=1S/C21H23N3O/c1-15-10-12-16(13-11-15)20-17-7-5-6-14-22-21(17)24(23-20)18-8-3-4-9-19(18)25-2/h3-4,8-13,22H,5-7,14H2,1-2H3. The van der Waals surface area contributed by atoms with Gasteiger partial charge in [0.2, 0.25) is 0 Å². The largest absolute Gasteiger partial charge is 0.494 e. The van der Waals surface area contributed by atoms with E-state index in [9.17, 15) is 0 Å². The molecule has 0 saturated heterocycles. The lowest BCUT2D eigenvalue weighted by Gasteiger charge is -2.12. The molecule has 4 rings (SSSR count). The zero-order valence-corrected chi connectivity index (χ0v) is 14.7. The number of ether oxygens (including phenoxy) is 1. The third-order valence-electron chi connectivity index (χ3n) is 4.77. The van der Waals surface area contributed by atoms with E-state index in [4.69, 9.17) is 9.84 Å². The normalized spacial score (nSPS) is 13.7. The Labute approximate surface area is 148 Å². The monoisotopic (exact) mass is 333 g/mol. The van der Waals surface area contributed by atoms with Crippen molar-refractivity contribution in [3.05, 3.63) is 59.7 Å². The van der Waals surface area contributed by atoms with Crippen molar-refractivity contribution in [2.75, 3.05) is 19.0 Å². The van der Waals surface area contributed by atoms with Crippen LogP contribution in [0.2, 0.25) is 0 Å². The summed E-state index contributed by atoms with van der Waals surface area (Å²) in [5.74, 6) is 1.92. The first kappa shape index (κ1) is 15.8. The molecule has 0 bridgehead atoms. The first-order valence-corrected chi connectivity index (χ1v) is 8.84. The summed E-state index contributed by atoms with van der Waals surface area (Å²) in [7, 11) is 1.70. The van der Waals surface area contributed by atoms with Gasteiger partial charge in [0, 0.05) is 17.7 Å². The Bertz CT molecular complexity index is 881. The first-order valence-electron chi connectivity index (χ1n) is 8.84. The van der Waals surface area contributed by atoms with Gasteiger partial charge < -0.3 is 10.1 Å². The molecular formula is C21H23N3O. The maximum absolute atomic E-state index is 5.56. The quantitative estimate of drug-likeness (QED) is 0.761. The average Bonchev–Trinajstić information content (AvgIpc) is 2.83. The smallest absolute Gasteiger partial charge is 0.144 e. The number of methoxy groups -OCH3 is 1. The minimum atomic E-state index is 0.828. The molecule has 1 aliphatic heterocycles. The highest BCUT2D eigenvalue weighted by Gasteiger charge is 2.22. The van der Waals surface area contributed by atoms with Crippen LogP contribution in [0.3, 0.4) is 0 Å². The predicted molar refractivity (Wildman–Crippen MR) is 102 cm³/mol. The summed E-state index contributed by atoms with van der Waals surface area (Å²) in [6.45, 7) is 3.08. The van der Waals surface area contributed by atoms with Crippen molar-refractivity contribution in [1.82, 2.24) is 9.78 Å². The fourth-order valence-electron chi connectivity index (χ4n) is 3.42. The van der Waals surface area contributed by atoms with Crippen LogP contribution in [0.15, 0.2) is 48.5 Å². The Balaban J connectivity index is 1.92. The van der Waals surface area contributed by atoms with Crippen molar-refractivity contribution in [1.29, 1.82) is 0 Å². The second-order valence-electron chi connectivity index (χ2n) is 6.51. The van der Waals surface area contributed by atoms with Crippen LogP contribution >= 0.6 is 0 Å². The van der Waals surface area contributed by atoms with Crippen molar-refractivity contribution in [3.63, 3.8) is 0 Å². The second-order valence-corrected chi connectivity index (χ2v) is 6.51. The van der Waals surface area contributed by atoms with Gasteiger partial charge >= 0.3 is 0 Å². The van der Waals surface area contributed by atoms with Gasteiger partial charge in [0.1, 0.15) is 17.3 Å². The number of hydrogen-bond donors (Lipinski definition) is 1. The van der Waals surface area contributed by atoms with Crippen LogP contribution in [0.25, 0.3) is 16.9 Å². The molecule has 0 unspecified atom stereocenters. The summed E-state index contributed by atoms with van der Waals surface area (Å²) in [6.07, 6.45) is 3.39. The third kappa shape index (κ3) is 2.88. The molecule has 2 heterocycles. The summed E-state index contributed by atoms with van der Waals surface area (Å²) in [4.78, 5) is 0. The van der Waals surface area contributed by atoms with E-state index >= 15 is 0 Å². The van der Waals surface area contributed by atoms with Crippen molar-refractivity contribution < 1.29 is 4.74 Å². The molecule has 0 spiro atoms. The molecule has 1 aliphatic rings. The Morgan fingerprint density at radius 2 is 1.84 bits per heavy atom. The van der Waals surface area contributed by atoms with Gasteiger partial charge in [-0.1, -0.05) is 42.0 Å². The highest BCUT2D eigenvalue weighted by atomic mass is 16.5. The molecule has 128 valence electrons. The van der Waals surface area contributed by atoms with Crippen LogP contribution < -0.4 is 10.1 Å². The number of anilines is 1. The number of aromatic nitrogens is 2. The van der Waals surface area contributed by atoms with E-state index in [-0.39, 0.29) is 0 Å². The van der Waals surface area contributed by atoms with Crippen molar-refractivity contribution >= 4 is 5.82 Å². The topological polar surface area (TPSA) is 39.1 Å². The Morgan fingerprint density at radius 3 is 2.64 bits per heavy atom. The van der Waals surface area contributed by atoms with Crippen LogP contribution in [0.1, 0.15) is 24.0 Å². The molecule has 0 saturated carbocycles. The Kier molecular flexibility index (Phi) is 4.18. The average molecular weight is 333 g/mol. The van der Waals surface area contributed by atoms with E-state index in [1.807, 2.05) is 22.9 Å². The molecule has 4 nitrogen and oxygen atoms in total. The molecule has 2 aromatic carbocycles. The number of nitrogens with one attached hydrogen (secondary N) is 1. The predicted octanol–water partition coefficient (Wildman–Crippen LogP) is 4.60. The van der Waals surface area contributed by atoms with Gasteiger partial charge in [-0.15, -0.1) is 0 Å². The zero-order chi connectivity index (χ0) is 17.2. The van der Waals surface area contributed by atoms with Gasteiger partial charge in [-0.2, -0.15) is 5.10 Å². The molecule has 25 heavy (non-hydrogen) atoms. The molecule has 0 amide bonds. The fourth-order valence-corrected chi connectivity index (χ4v) is 3.42. The minimum absolute atomic E-state index is 0.828. The lowest BCUT2D eigenvalue weighted by molar-refractivity contribution is 0.412. The number of benzene rings is 2. The molecule has 0 aliphatic carbocycles. The van der Waals surface area contributed by atoms with Gasteiger partial charge in [-0.25, -0.2) is 4.68 Å². The van der Waals surface area contributed by atoms with Gasteiger partial charge in [-0.05, 0) is 38.3 Å². The van der Waals surface area contributed by atoms with Gasteiger partial charge in [0.25, 0.3) is 0 Å². The SMILES string of the molecule is COc1ccccc1-n1nc(-c2ccc(C)cc2)c2c1NCCCC2. The highest BCUT2D eigenvalue weighted by molar-refractivity contribution is 5.72. The maximum Gasteiger partial charge on any atom is 0.144 e. The van der Waals surface area contributed by atoms with Crippen LogP contribution in [-0.4, -0.2) is 23.4 Å². The van der Waals surface area contributed by atoms with Gasteiger partial charge in [0.05, 0.1) is 12.8 Å². The third-order valence-corrected chi connectivity index (χ3v) is 4.77. The van der Waals surface area contributed by atoms with E-state index < -0.39 is 0 Å². The molecule has 0 atom stereocenters. The number of nitrogens with zero attached hydrogens (tertiary/aromatic N) is 2. The molecular weight excluding hydrogens is 310 g/mol. The lowest BCUT2D eigenvalue weighted by atomic mass is 10.0. The molecule has 0 radical (unpaired) electrons. The van der Waals surface area contributed by atoms with E-state index in [2.05, 4.69) is 42.6 Å². The Morgan fingerprint density at radius 1 is 1.04 bits per heavy atom. The summed E-state index contributed by atoms with van der Waals surface area (Å²) >= 11 is 0. The van der Waals surface area contributed by atoms with E-state index in [1.54, 1.807) is 7.11 Å². The van der Waals surface area contributed by atoms with Crippen LogP contribution in [0, 0.1) is 6.92 Å². The fraction of sp³-hybridized carbons (Fsp3) is 0.286. The van der Waals surface area contributed by atoms with Gasteiger partial charge in [0.15, 0.2) is 0 Å². The number of rotatable bonds is 3. The van der Waals surface area contributed by atoms with Crippen LogP contribution in [-0.2, 0) is 6.42 Å². The molecule has 0 fully saturated rings. The molecule has 1 aromatic heterocycles. The first-order chi connectivity index (χ1) is 12.3.